The summed E-state index contributed by atoms with van der Waals surface area (Å²) in [6.45, 7) is 1.35. The lowest BCUT2D eigenvalue weighted by Crippen LogP contribution is -2.00. The van der Waals surface area contributed by atoms with Crippen LogP contribution in [0.5, 0.6) is 0 Å². The maximum Gasteiger partial charge on any atom is 0.300 e. The number of aliphatic carboxylic acids is 1. The van der Waals surface area contributed by atoms with Crippen molar-refractivity contribution in [1.29, 1.82) is 0 Å². The summed E-state index contributed by atoms with van der Waals surface area (Å²) < 4.78 is 0. The van der Waals surface area contributed by atoms with E-state index in [1.54, 1.807) is 0 Å². The topological polar surface area (TPSA) is 57.5 Å². The molecule has 1 atom stereocenters. The van der Waals surface area contributed by atoms with Gasteiger partial charge in [-0.3, -0.25) is 4.79 Å². The van der Waals surface area contributed by atoms with Crippen LogP contribution < -0.4 is 0 Å². The van der Waals surface area contributed by atoms with E-state index in [2.05, 4.69) is 25.3 Å². The molecule has 0 saturated heterocycles. The Morgan fingerprint density at radius 1 is 1.58 bits per heavy atom. The van der Waals surface area contributed by atoms with Crippen molar-refractivity contribution >= 4 is 31.2 Å². The molecule has 0 radical (unpaired) electrons. The Morgan fingerprint density at radius 2 is 2.00 bits per heavy atom. The molecule has 0 spiro atoms. The smallest absolute Gasteiger partial charge is 0.300 e. The molecule has 0 aromatic heterocycles. The third-order valence-electron chi connectivity index (χ3n) is 0.906. The molecule has 3 nitrogen and oxygen atoms in total. The Kier molecular flexibility index (Phi) is 13.6. The molecule has 0 amide bonds. The number of carboxylic acid groups (broad SMARTS) is 1. The van der Waals surface area contributed by atoms with Gasteiger partial charge in [-0.2, -0.15) is 25.3 Å². The van der Waals surface area contributed by atoms with E-state index >= 15 is 0 Å². The highest BCUT2D eigenvalue weighted by Crippen LogP contribution is 2.04. The van der Waals surface area contributed by atoms with Crippen LogP contribution in [0.3, 0.4) is 0 Å². The van der Waals surface area contributed by atoms with Crippen LogP contribution in [0.1, 0.15) is 19.8 Å². The zero-order valence-corrected chi connectivity index (χ0v) is 8.89. The monoisotopic (exact) mass is 212 g/mol. The summed E-state index contributed by atoms with van der Waals surface area (Å²) in [6.07, 6.45) is 1.80. The van der Waals surface area contributed by atoms with Crippen molar-refractivity contribution in [2.45, 2.75) is 25.0 Å². The molecule has 0 fully saturated rings. The molecule has 0 aromatic rings. The van der Waals surface area contributed by atoms with Gasteiger partial charge in [0, 0.05) is 24.5 Å². The number of carboxylic acids is 1. The fourth-order valence-corrected chi connectivity index (χ4v) is 0.783. The minimum absolute atomic E-state index is 0.269. The van der Waals surface area contributed by atoms with Crippen LogP contribution in [0.4, 0.5) is 0 Å². The summed E-state index contributed by atoms with van der Waals surface area (Å²) in [5, 5.41) is 16.1. The lowest BCUT2D eigenvalue weighted by Gasteiger charge is -2.02. The molecule has 0 bridgehead atoms. The van der Waals surface area contributed by atoms with Crippen LogP contribution >= 0.6 is 25.3 Å². The van der Waals surface area contributed by atoms with Gasteiger partial charge in [-0.05, 0) is 12.8 Å². The number of carbonyl (C=O) groups is 1. The molecular formula is C7H16O3S2. The highest BCUT2D eigenvalue weighted by Gasteiger charge is 1.96. The molecule has 2 N–H and O–H groups in total. The first-order valence-electron chi connectivity index (χ1n) is 3.63. The summed E-state index contributed by atoms with van der Waals surface area (Å²) in [6, 6.07) is 0. The van der Waals surface area contributed by atoms with Crippen molar-refractivity contribution in [1.82, 2.24) is 0 Å². The van der Waals surface area contributed by atoms with Gasteiger partial charge in [-0.1, -0.05) is 0 Å². The molecule has 0 aromatic carbocycles. The Labute approximate surface area is 84.0 Å². The highest BCUT2D eigenvalue weighted by molar-refractivity contribution is 7.84. The van der Waals surface area contributed by atoms with Gasteiger partial charge in [0.2, 0.25) is 0 Å². The van der Waals surface area contributed by atoms with Gasteiger partial charge in [0.05, 0.1) is 0 Å². The normalized spacial score (nSPS) is 11.3. The lowest BCUT2D eigenvalue weighted by molar-refractivity contribution is -0.134. The predicted octanol–water partition coefficient (Wildman–Crippen LogP) is 1.08. The van der Waals surface area contributed by atoms with Crippen LogP contribution in [-0.4, -0.2) is 33.8 Å². The first-order valence-corrected chi connectivity index (χ1v) is 4.78. The summed E-state index contributed by atoms with van der Waals surface area (Å²) in [5.74, 6) is -0.0386. The molecule has 0 rings (SSSR count). The van der Waals surface area contributed by atoms with Gasteiger partial charge in [0.1, 0.15) is 0 Å². The fourth-order valence-electron chi connectivity index (χ4n) is 0.418. The summed E-state index contributed by atoms with van der Waals surface area (Å²) in [7, 11) is 0. The average Bonchev–Trinajstić information content (AvgIpc) is 1.99. The van der Waals surface area contributed by atoms with E-state index in [9.17, 15) is 0 Å². The Hall–Kier alpha value is 0.130. The number of hydrogen-bond donors (Lipinski definition) is 4. The van der Waals surface area contributed by atoms with Crippen LogP contribution in [0.15, 0.2) is 0 Å². The molecule has 0 aliphatic heterocycles. The Balaban J connectivity index is 0. The molecule has 0 heterocycles. The molecule has 0 saturated carbocycles. The van der Waals surface area contributed by atoms with Crippen LogP contribution in [0, 0.1) is 0 Å². The number of aliphatic hydroxyl groups is 1. The van der Waals surface area contributed by atoms with Crippen molar-refractivity contribution in [3.63, 3.8) is 0 Å². The van der Waals surface area contributed by atoms with Gasteiger partial charge < -0.3 is 10.2 Å². The highest BCUT2D eigenvalue weighted by atomic mass is 32.1. The van der Waals surface area contributed by atoms with Gasteiger partial charge in [0.15, 0.2) is 0 Å². The van der Waals surface area contributed by atoms with Crippen molar-refractivity contribution in [2.24, 2.45) is 0 Å². The summed E-state index contributed by atoms with van der Waals surface area (Å²) >= 11 is 8.21. The van der Waals surface area contributed by atoms with E-state index < -0.39 is 5.97 Å². The molecule has 0 aliphatic carbocycles. The zero-order valence-electron chi connectivity index (χ0n) is 7.10. The third-order valence-corrected chi connectivity index (χ3v) is 2.08. The summed E-state index contributed by atoms with van der Waals surface area (Å²) in [4.78, 5) is 9.00. The SMILES string of the molecule is CC(=O)O.OCCCC(S)CS. The molecule has 1 unspecified atom stereocenters. The molecule has 5 heteroatoms. The number of aliphatic hydroxyl groups excluding tert-OH is 1. The van der Waals surface area contributed by atoms with Gasteiger partial charge in [-0.25, -0.2) is 0 Å². The molecular weight excluding hydrogens is 196 g/mol. The number of hydrogen-bond acceptors (Lipinski definition) is 4. The Bertz CT molecular complexity index is 105. The molecule has 12 heavy (non-hydrogen) atoms. The molecule has 0 aliphatic rings. The Morgan fingerprint density at radius 3 is 2.25 bits per heavy atom. The predicted molar refractivity (Wildman–Crippen MR) is 56.3 cm³/mol. The van der Waals surface area contributed by atoms with E-state index in [0.717, 1.165) is 25.5 Å². The second-order valence-electron chi connectivity index (χ2n) is 2.22. The third kappa shape index (κ3) is 22.5. The quantitative estimate of drug-likeness (QED) is 0.527. The first kappa shape index (κ1) is 14.6. The second-order valence-corrected chi connectivity index (χ2v) is 3.32. The van der Waals surface area contributed by atoms with E-state index in [1.165, 1.54) is 0 Å². The van der Waals surface area contributed by atoms with E-state index in [4.69, 9.17) is 15.0 Å². The average molecular weight is 212 g/mol. The van der Waals surface area contributed by atoms with Crippen LogP contribution in [-0.2, 0) is 4.79 Å². The number of rotatable bonds is 4. The van der Waals surface area contributed by atoms with E-state index in [0.29, 0.717) is 5.25 Å². The lowest BCUT2D eigenvalue weighted by atomic mass is 10.2. The second kappa shape index (κ2) is 11.1. The van der Waals surface area contributed by atoms with E-state index in [-0.39, 0.29) is 6.61 Å². The van der Waals surface area contributed by atoms with Crippen molar-refractivity contribution in [3.8, 4) is 0 Å². The maximum atomic E-state index is 9.00. The standard InChI is InChI=1S/C5H12OS2.C2H4O2/c6-3-1-2-5(8)4-7;1-2(3)4/h5-8H,1-4H2;1H3,(H,3,4). The van der Waals surface area contributed by atoms with Gasteiger partial charge >= 0.3 is 0 Å². The van der Waals surface area contributed by atoms with Gasteiger partial charge in [0.25, 0.3) is 5.97 Å². The van der Waals surface area contributed by atoms with Crippen molar-refractivity contribution in [2.75, 3.05) is 12.4 Å². The van der Waals surface area contributed by atoms with Crippen molar-refractivity contribution < 1.29 is 15.0 Å². The largest absolute Gasteiger partial charge is 0.481 e. The minimum Gasteiger partial charge on any atom is -0.481 e. The van der Waals surface area contributed by atoms with Gasteiger partial charge in [-0.15, -0.1) is 0 Å². The van der Waals surface area contributed by atoms with Crippen LogP contribution in [0.2, 0.25) is 0 Å². The summed E-state index contributed by atoms with van der Waals surface area (Å²) in [5.41, 5.74) is 0. The minimum atomic E-state index is -0.833. The zero-order chi connectivity index (χ0) is 9.98. The number of thiol groups is 2. The maximum absolute atomic E-state index is 9.00. The van der Waals surface area contributed by atoms with Crippen LogP contribution in [0.25, 0.3) is 0 Å². The fraction of sp³-hybridized carbons (Fsp3) is 0.857. The molecule has 74 valence electrons. The first-order chi connectivity index (χ1) is 5.54. The van der Waals surface area contributed by atoms with Crippen molar-refractivity contribution in [3.05, 3.63) is 0 Å². The van der Waals surface area contributed by atoms with E-state index in [1.807, 2.05) is 0 Å².